The highest BCUT2D eigenvalue weighted by Crippen LogP contribution is 2.40. The molecule has 0 aromatic carbocycles. The SMILES string of the molecule is CCc1nnc2n1CCN(C(=O)[C@@H]1CCC[C@H](C(F)(F)F)C1)C2. The average molecular weight is 330 g/mol. The van der Waals surface area contributed by atoms with E-state index in [-0.39, 0.29) is 18.7 Å². The Balaban J connectivity index is 1.67. The lowest BCUT2D eigenvalue weighted by Gasteiger charge is -2.35. The zero-order valence-electron chi connectivity index (χ0n) is 13.1. The van der Waals surface area contributed by atoms with Gasteiger partial charge in [-0.05, 0) is 19.3 Å². The van der Waals surface area contributed by atoms with E-state index in [1.165, 1.54) is 0 Å². The Labute approximate surface area is 132 Å². The number of alkyl halides is 3. The first-order valence-corrected chi connectivity index (χ1v) is 8.16. The third kappa shape index (κ3) is 3.21. The Bertz CT molecular complexity index is 584. The lowest BCUT2D eigenvalue weighted by molar-refractivity contribution is -0.187. The normalized spacial score (nSPS) is 25.3. The van der Waals surface area contributed by atoms with Crippen LogP contribution < -0.4 is 0 Å². The van der Waals surface area contributed by atoms with Gasteiger partial charge in [-0.3, -0.25) is 4.79 Å². The minimum absolute atomic E-state index is 0.0776. The first-order valence-electron chi connectivity index (χ1n) is 8.16. The summed E-state index contributed by atoms with van der Waals surface area (Å²) in [7, 11) is 0. The second-order valence-corrected chi connectivity index (χ2v) is 6.40. The second kappa shape index (κ2) is 6.13. The van der Waals surface area contributed by atoms with Crippen molar-refractivity contribution >= 4 is 5.91 Å². The monoisotopic (exact) mass is 330 g/mol. The predicted octanol–water partition coefficient (Wildman–Crippen LogP) is 2.55. The fraction of sp³-hybridized carbons (Fsp3) is 0.800. The maximum Gasteiger partial charge on any atom is 0.391 e. The molecule has 1 aromatic rings. The summed E-state index contributed by atoms with van der Waals surface area (Å²) < 4.78 is 40.7. The summed E-state index contributed by atoms with van der Waals surface area (Å²) in [6.07, 6.45) is -2.35. The van der Waals surface area contributed by atoms with Gasteiger partial charge in [-0.2, -0.15) is 13.2 Å². The van der Waals surface area contributed by atoms with E-state index in [9.17, 15) is 18.0 Å². The van der Waals surface area contributed by atoms with Crippen LogP contribution in [0.15, 0.2) is 0 Å². The quantitative estimate of drug-likeness (QED) is 0.837. The number of aryl methyl sites for hydroxylation is 1. The molecular weight excluding hydrogens is 309 g/mol. The third-order valence-electron chi connectivity index (χ3n) is 4.94. The standard InChI is InChI=1S/C15H21F3N4O/c1-2-12-19-20-13-9-21(6-7-22(12)13)14(23)10-4-3-5-11(8-10)15(16,17)18/h10-11H,2-9H2,1H3/t10-,11+/m1/s1. The van der Waals surface area contributed by atoms with E-state index in [2.05, 4.69) is 10.2 Å². The van der Waals surface area contributed by atoms with Gasteiger partial charge in [-0.15, -0.1) is 10.2 Å². The number of rotatable bonds is 2. The molecule has 0 radical (unpaired) electrons. The molecule has 2 heterocycles. The van der Waals surface area contributed by atoms with E-state index >= 15 is 0 Å². The Kier molecular flexibility index (Phi) is 4.33. The van der Waals surface area contributed by atoms with Crippen molar-refractivity contribution in [1.29, 1.82) is 0 Å². The summed E-state index contributed by atoms with van der Waals surface area (Å²) in [4.78, 5) is 14.3. The van der Waals surface area contributed by atoms with Crippen LogP contribution in [0.3, 0.4) is 0 Å². The van der Waals surface area contributed by atoms with Gasteiger partial charge in [0.25, 0.3) is 0 Å². The molecule has 0 saturated heterocycles. The van der Waals surface area contributed by atoms with Gasteiger partial charge in [0.1, 0.15) is 5.82 Å². The molecule has 1 aromatic heterocycles. The summed E-state index contributed by atoms with van der Waals surface area (Å²) in [5.41, 5.74) is 0. The minimum Gasteiger partial charge on any atom is -0.333 e. The van der Waals surface area contributed by atoms with Crippen molar-refractivity contribution in [2.24, 2.45) is 11.8 Å². The molecule has 2 atom stereocenters. The Hall–Kier alpha value is -1.60. The van der Waals surface area contributed by atoms with E-state index in [0.29, 0.717) is 32.5 Å². The van der Waals surface area contributed by atoms with Crippen molar-refractivity contribution in [1.82, 2.24) is 19.7 Å². The molecular formula is C15H21F3N4O. The van der Waals surface area contributed by atoms with E-state index in [1.54, 1.807) is 4.90 Å². The molecule has 128 valence electrons. The van der Waals surface area contributed by atoms with E-state index in [1.807, 2.05) is 11.5 Å². The number of carbonyl (C=O) groups excluding carboxylic acids is 1. The summed E-state index contributed by atoms with van der Waals surface area (Å²) in [6, 6.07) is 0. The summed E-state index contributed by atoms with van der Waals surface area (Å²) in [5, 5.41) is 8.19. The molecule has 1 aliphatic heterocycles. The molecule has 1 amide bonds. The molecule has 0 N–H and O–H groups in total. The molecule has 2 aliphatic rings. The fourth-order valence-electron chi connectivity index (χ4n) is 3.64. The number of amides is 1. The van der Waals surface area contributed by atoms with Gasteiger partial charge in [0.05, 0.1) is 12.5 Å². The Morgan fingerprint density at radius 1 is 1.26 bits per heavy atom. The molecule has 3 rings (SSSR count). The predicted molar refractivity (Wildman–Crippen MR) is 76.3 cm³/mol. The van der Waals surface area contributed by atoms with E-state index in [4.69, 9.17) is 0 Å². The Morgan fingerprint density at radius 3 is 2.74 bits per heavy atom. The highest BCUT2D eigenvalue weighted by Gasteiger charge is 2.44. The highest BCUT2D eigenvalue weighted by molar-refractivity contribution is 5.79. The molecule has 8 heteroatoms. The van der Waals surface area contributed by atoms with Crippen LogP contribution >= 0.6 is 0 Å². The van der Waals surface area contributed by atoms with Crippen LogP contribution in [0, 0.1) is 11.8 Å². The smallest absolute Gasteiger partial charge is 0.333 e. The molecule has 0 unspecified atom stereocenters. The third-order valence-corrected chi connectivity index (χ3v) is 4.94. The van der Waals surface area contributed by atoms with Crippen molar-refractivity contribution in [2.75, 3.05) is 6.54 Å². The maximum atomic E-state index is 12.9. The van der Waals surface area contributed by atoms with Crippen LogP contribution in [0.5, 0.6) is 0 Å². The fourth-order valence-corrected chi connectivity index (χ4v) is 3.64. The number of hydrogen-bond acceptors (Lipinski definition) is 3. The number of fused-ring (bicyclic) bond motifs is 1. The van der Waals surface area contributed by atoms with E-state index < -0.39 is 18.0 Å². The number of carbonyl (C=O) groups is 1. The van der Waals surface area contributed by atoms with Crippen molar-refractivity contribution in [3.63, 3.8) is 0 Å². The zero-order valence-corrected chi connectivity index (χ0v) is 13.1. The van der Waals surface area contributed by atoms with Gasteiger partial charge in [0, 0.05) is 25.4 Å². The molecule has 23 heavy (non-hydrogen) atoms. The van der Waals surface area contributed by atoms with Crippen LogP contribution in [0.4, 0.5) is 13.2 Å². The summed E-state index contributed by atoms with van der Waals surface area (Å²) >= 11 is 0. The van der Waals surface area contributed by atoms with Gasteiger partial charge in [-0.25, -0.2) is 0 Å². The van der Waals surface area contributed by atoms with Crippen molar-refractivity contribution < 1.29 is 18.0 Å². The molecule has 1 aliphatic carbocycles. The number of nitrogens with zero attached hydrogens (tertiary/aromatic N) is 4. The van der Waals surface area contributed by atoms with Crippen molar-refractivity contribution in [2.45, 2.75) is 58.3 Å². The lowest BCUT2D eigenvalue weighted by Crippen LogP contribution is -2.44. The van der Waals surface area contributed by atoms with Gasteiger partial charge in [0.15, 0.2) is 5.82 Å². The molecule has 5 nitrogen and oxygen atoms in total. The second-order valence-electron chi connectivity index (χ2n) is 6.40. The number of halogens is 3. The summed E-state index contributed by atoms with van der Waals surface area (Å²) in [6.45, 7) is 3.48. The highest BCUT2D eigenvalue weighted by atomic mass is 19.4. The molecule has 1 saturated carbocycles. The van der Waals surface area contributed by atoms with Gasteiger partial charge in [0.2, 0.25) is 5.91 Å². The van der Waals surface area contributed by atoms with Gasteiger partial charge in [-0.1, -0.05) is 13.3 Å². The lowest BCUT2D eigenvalue weighted by atomic mass is 9.80. The van der Waals surface area contributed by atoms with Crippen molar-refractivity contribution in [3.8, 4) is 0 Å². The topological polar surface area (TPSA) is 51.0 Å². The van der Waals surface area contributed by atoms with Crippen LogP contribution in [0.25, 0.3) is 0 Å². The number of hydrogen-bond donors (Lipinski definition) is 0. The van der Waals surface area contributed by atoms with Crippen LogP contribution in [-0.4, -0.2) is 38.3 Å². The Morgan fingerprint density at radius 2 is 2.04 bits per heavy atom. The van der Waals surface area contributed by atoms with Gasteiger partial charge < -0.3 is 9.47 Å². The molecule has 1 fully saturated rings. The van der Waals surface area contributed by atoms with Crippen LogP contribution in [0.2, 0.25) is 0 Å². The zero-order chi connectivity index (χ0) is 16.6. The maximum absolute atomic E-state index is 12.9. The van der Waals surface area contributed by atoms with Crippen LogP contribution in [0.1, 0.15) is 44.3 Å². The first-order chi connectivity index (χ1) is 10.9. The minimum atomic E-state index is -4.20. The average Bonchev–Trinajstić information content (AvgIpc) is 2.95. The van der Waals surface area contributed by atoms with Gasteiger partial charge >= 0.3 is 6.18 Å². The molecule has 0 bridgehead atoms. The van der Waals surface area contributed by atoms with E-state index in [0.717, 1.165) is 18.1 Å². The van der Waals surface area contributed by atoms with Crippen LogP contribution in [-0.2, 0) is 24.3 Å². The molecule has 0 spiro atoms. The number of aromatic nitrogens is 3. The van der Waals surface area contributed by atoms with Crippen molar-refractivity contribution in [3.05, 3.63) is 11.6 Å². The first kappa shape index (κ1) is 16.3. The largest absolute Gasteiger partial charge is 0.391 e. The summed E-state index contributed by atoms with van der Waals surface area (Å²) in [5.74, 6) is -0.404.